The number of carbonyl (C=O) groups is 2. The molecule has 1 saturated carbocycles. The lowest BCUT2D eigenvalue weighted by molar-refractivity contribution is -0.182. The van der Waals surface area contributed by atoms with Crippen LogP contribution in [0.25, 0.3) is 11.1 Å². The van der Waals surface area contributed by atoms with Crippen molar-refractivity contribution in [3.63, 3.8) is 0 Å². The molecule has 11 nitrogen and oxygen atoms in total. The summed E-state index contributed by atoms with van der Waals surface area (Å²) in [6.45, 7) is 17.8. The molecule has 1 saturated heterocycles. The van der Waals surface area contributed by atoms with Gasteiger partial charge in [-0.15, -0.1) is 0 Å². The van der Waals surface area contributed by atoms with Crippen LogP contribution in [0, 0.1) is 28.6 Å². The zero-order chi connectivity index (χ0) is 41.0. The number of amides is 2. The predicted molar refractivity (Wildman–Crippen MR) is 221 cm³/mol. The summed E-state index contributed by atoms with van der Waals surface area (Å²) in [7, 11) is 9.55. The lowest BCUT2D eigenvalue weighted by Crippen LogP contribution is -2.55. The van der Waals surface area contributed by atoms with Crippen LogP contribution in [0.4, 0.5) is 5.69 Å². The number of para-hydroxylation sites is 1. The van der Waals surface area contributed by atoms with Gasteiger partial charge in [0.05, 0.1) is 26.4 Å². The lowest BCUT2D eigenvalue weighted by atomic mass is 9.63. The molecule has 2 fully saturated rings. The molecule has 0 spiro atoms. The van der Waals surface area contributed by atoms with Crippen molar-refractivity contribution in [2.45, 2.75) is 118 Å². The van der Waals surface area contributed by atoms with E-state index in [0.717, 1.165) is 54.6 Å². The molecule has 55 heavy (non-hydrogen) atoms. The third-order valence-electron chi connectivity index (χ3n) is 11.8. The van der Waals surface area contributed by atoms with Crippen molar-refractivity contribution in [1.29, 1.82) is 0 Å². The van der Waals surface area contributed by atoms with Crippen molar-refractivity contribution in [3.8, 4) is 16.9 Å². The van der Waals surface area contributed by atoms with Crippen molar-refractivity contribution < 1.29 is 29.4 Å². The molecule has 1 aliphatic heterocycles. The average molecular weight is 766 g/mol. The molecule has 308 valence electrons. The standard InChI is InChI=1S/C44H71N5O6/c1-14-32-21-36(27(2)22-44(32,7)8)46-42(53)39-38(28(3)51)37(26-50)55-49(39)24-29-16-15-17-35(40(29)54-13)30-18-31(20-34(19-30)48(11)12)41(52)45-33(25-47(9)10)23-43(4,5)6/h15-20,27-28,32-33,36-39,50-51H,14,21-26H2,1-13H3,(H,45,52)(H,46,53)/t27-,28-,32+,33?,36-,37-,38+,39-/m0/s1. The van der Waals surface area contributed by atoms with Gasteiger partial charge in [0.1, 0.15) is 17.9 Å². The number of carbonyl (C=O) groups excluding carboxylic acids is 2. The van der Waals surface area contributed by atoms with Crippen LogP contribution in [-0.4, -0.2) is 111 Å². The molecule has 2 aromatic carbocycles. The SMILES string of the molecule is CC[C@@H]1C[C@H](NC(=O)[C@@H]2[C@H]([C@H](C)O)[C@H](CO)ON2Cc2cccc(-c3cc(C(=O)NC(CN(C)C)CC(C)(C)C)cc(N(C)C)c3)c2OC)[C@@H](C)CC1(C)C. The molecule has 0 radical (unpaired) electrons. The predicted octanol–water partition coefficient (Wildman–Crippen LogP) is 5.97. The van der Waals surface area contributed by atoms with Gasteiger partial charge in [-0.3, -0.25) is 14.4 Å². The molecular formula is C44H71N5O6. The van der Waals surface area contributed by atoms with Crippen molar-refractivity contribution in [3.05, 3.63) is 47.5 Å². The first kappa shape index (κ1) is 44.5. The Hall–Kier alpha value is -3.22. The Morgan fingerprint density at radius 3 is 2.38 bits per heavy atom. The van der Waals surface area contributed by atoms with Crippen molar-refractivity contribution in [2.75, 3.05) is 53.4 Å². The summed E-state index contributed by atoms with van der Waals surface area (Å²) in [5, 5.41) is 29.7. The normalized spacial score (nSPS) is 25.4. The van der Waals surface area contributed by atoms with E-state index >= 15 is 0 Å². The summed E-state index contributed by atoms with van der Waals surface area (Å²) in [6.07, 6.45) is 2.11. The highest BCUT2D eigenvalue weighted by Gasteiger charge is 2.50. The highest BCUT2D eigenvalue weighted by molar-refractivity contribution is 5.97. The number of hydrogen-bond donors (Lipinski definition) is 4. The number of hydrogen-bond acceptors (Lipinski definition) is 9. The number of rotatable bonds is 15. The molecule has 1 aliphatic carbocycles. The maximum atomic E-state index is 14.3. The highest BCUT2D eigenvalue weighted by atomic mass is 16.7. The zero-order valence-corrected chi connectivity index (χ0v) is 35.9. The molecule has 8 atom stereocenters. The fraction of sp³-hybridized carbons (Fsp3) is 0.682. The number of aliphatic hydroxyl groups excluding tert-OH is 2. The maximum absolute atomic E-state index is 14.3. The minimum Gasteiger partial charge on any atom is -0.496 e. The summed E-state index contributed by atoms with van der Waals surface area (Å²) in [5.74, 6) is 0.350. The number of nitrogens with one attached hydrogen (secondary N) is 2. The first-order valence-electron chi connectivity index (χ1n) is 20.2. The van der Waals surface area contributed by atoms with Crippen LogP contribution in [0.2, 0.25) is 0 Å². The number of nitrogens with zero attached hydrogens (tertiary/aromatic N) is 3. The number of anilines is 1. The average Bonchev–Trinajstić information content (AvgIpc) is 3.46. The van der Waals surface area contributed by atoms with Gasteiger partial charge in [0.25, 0.3) is 5.91 Å². The molecule has 1 unspecified atom stereocenters. The van der Waals surface area contributed by atoms with Gasteiger partial charge in [-0.25, -0.2) is 0 Å². The Morgan fingerprint density at radius 1 is 1.13 bits per heavy atom. The second kappa shape index (κ2) is 18.4. The number of methoxy groups -OCH3 is 1. The largest absolute Gasteiger partial charge is 0.496 e. The van der Waals surface area contributed by atoms with Gasteiger partial charge < -0.3 is 35.4 Å². The van der Waals surface area contributed by atoms with Crippen molar-refractivity contribution >= 4 is 17.5 Å². The molecule has 4 N–H and O–H groups in total. The first-order chi connectivity index (χ1) is 25.7. The van der Waals surface area contributed by atoms with E-state index < -0.39 is 24.2 Å². The molecule has 11 heteroatoms. The minimum absolute atomic E-state index is 0.00462. The summed E-state index contributed by atoms with van der Waals surface area (Å²) in [5.41, 5.74) is 3.99. The Labute approximate surface area is 331 Å². The van der Waals surface area contributed by atoms with Gasteiger partial charge in [-0.1, -0.05) is 73.1 Å². The van der Waals surface area contributed by atoms with Gasteiger partial charge in [-0.2, -0.15) is 5.06 Å². The Kier molecular flexibility index (Phi) is 14.9. The highest BCUT2D eigenvalue weighted by Crippen LogP contribution is 2.45. The molecular weight excluding hydrogens is 695 g/mol. The van der Waals surface area contributed by atoms with Crippen LogP contribution in [0.1, 0.15) is 97.0 Å². The van der Waals surface area contributed by atoms with Gasteiger partial charge in [0.2, 0.25) is 5.91 Å². The van der Waals surface area contributed by atoms with Gasteiger partial charge in [-0.05, 0) is 86.7 Å². The van der Waals surface area contributed by atoms with Crippen LogP contribution in [-0.2, 0) is 16.2 Å². The number of benzene rings is 2. The van der Waals surface area contributed by atoms with Gasteiger partial charge in [0, 0.05) is 61.0 Å². The van der Waals surface area contributed by atoms with E-state index in [-0.39, 0.29) is 53.8 Å². The lowest BCUT2D eigenvalue weighted by Gasteiger charge is -2.46. The third kappa shape index (κ3) is 11.0. The molecule has 0 bridgehead atoms. The van der Waals surface area contributed by atoms with E-state index in [1.165, 1.54) is 0 Å². The van der Waals surface area contributed by atoms with Crippen LogP contribution in [0.5, 0.6) is 5.75 Å². The maximum Gasteiger partial charge on any atom is 0.251 e. The second-order valence-corrected chi connectivity index (χ2v) is 18.6. The quantitative estimate of drug-likeness (QED) is 0.174. The van der Waals surface area contributed by atoms with Crippen LogP contribution in [0.3, 0.4) is 0 Å². The van der Waals surface area contributed by atoms with E-state index in [1.807, 2.05) is 69.5 Å². The minimum atomic E-state index is -0.906. The van der Waals surface area contributed by atoms with Crippen LogP contribution < -0.4 is 20.3 Å². The fourth-order valence-electron chi connectivity index (χ4n) is 9.17. The summed E-state index contributed by atoms with van der Waals surface area (Å²) in [6, 6.07) is 10.8. The molecule has 2 aromatic rings. The zero-order valence-electron chi connectivity index (χ0n) is 35.9. The Balaban J connectivity index is 1.69. The second-order valence-electron chi connectivity index (χ2n) is 18.6. The Morgan fingerprint density at radius 2 is 1.82 bits per heavy atom. The van der Waals surface area contributed by atoms with E-state index in [1.54, 1.807) is 19.1 Å². The van der Waals surface area contributed by atoms with Gasteiger partial charge >= 0.3 is 0 Å². The third-order valence-corrected chi connectivity index (χ3v) is 11.8. The van der Waals surface area contributed by atoms with E-state index in [4.69, 9.17) is 9.57 Å². The molecule has 1 heterocycles. The monoisotopic (exact) mass is 766 g/mol. The number of likely N-dealkylation sites (N-methyl/N-ethyl adjacent to an activating group) is 1. The van der Waals surface area contributed by atoms with Crippen LogP contribution in [0.15, 0.2) is 36.4 Å². The van der Waals surface area contributed by atoms with E-state index in [2.05, 4.69) is 64.0 Å². The van der Waals surface area contributed by atoms with E-state index in [0.29, 0.717) is 17.2 Å². The van der Waals surface area contributed by atoms with Gasteiger partial charge in [0.15, 0.2) is 0 Å². The molecule has 4 rings (SSSR count). The summed E-state index contributed by atoms with van der Waals surface area (Å²) >= 11 is 0. The molecule has 0 aromatic heterocycles. The number of hydroxylamine groups is 2. The van der Waals surface area contributed by atoms with Crippen molar-refractivity contribution in [1.82, 2.24) is 20.6 Å². The molecule has 2 aliphatic rings. The van der Waals surface area contributed by atoms with Crippen LogP contribution >= 0.6 is 0 Å². The topological polar surface area (TPSA) is 127 Å². The van der Waals surface area contributed by atoms with E-state index in [9.17, 15) is 19.8 Å². The first-order valence-corrected chi connectivity index (χ1v) is 20.2. The van der Waals surface area contributed by atoms with Crippen molar-refractivity contribution in [2.24, 2.45) is 28.6 Å². The Bertz CT molecular complexity index is 1600. The smallest absolute Gasteiger partial charge is 0.251 e. The fourth-order valence-corrected chi connectivity index (χ4v) is 9.17. The number of ether oxygens (including phenoxy) is 1. The summed E-state index contributed by atoms with van der Waals surface area (Å²) < 4.78 is 6.11. The molecule has 2 amide bonds. The number of aliphatic hydroxyl groups is 2. The summed E-state index contributed by atoms with van der Waals surface area (Å²) in [4.78, 5) is 38.7.